The SMILES string of the molecule is N[C@H]1Nc2ccccc2[C@]1(N)CC1NC(=O)[C@H](Cc2ccccc2)NC(=O)[C@@H](Cc2ccccc2)NC1=O. The zero-order valence-electron chi connectivity index (χ0n) is 20.9. The average molecular weight is 513 g/mol. The van der Waals surface area contributed by atoms with Crippen LogP contribution in [0.25, 0.3) is 0 Å². The lowest BCUT2D eigenvalue weighted by Crippen LogP contribution is -2.59. The Morgan fingerprint density at radius 1 is 0.605 bits per heavy atom. The molecule has 3 aromatic rings. The number of fused-ring (bicyclic) bond motifs is 1. The van der Waals surface area contributed by atoms with Crippen LogP contribution in [-0.4, -0.2) is 42.0 Å². The molecule has 0 aliphatic carbocycles. The van der Waals surface area contributed by atoms with Gasteiger partial charge in [0.2, 0.25) is 17.7 Å². The van der Waals surface area contributed by atoms with E-state index in [4.69, 9.17) is 11.5 Å². The molecule has 3 amide bonds. The van der Waals surface area contributed by atoms with Crippen molar-refractivity contribution in [3.05, 3.63) is 102 Å². The molecule has 0 radical (unpaired) electrons. The van der Waals surface area contributed by atoms with E-state index in [9.17, 15) is 14.4 Å². The van der Waals surface area contributed by atoms with Crippen LogP contribution in [0.2, 0.25) is 0 Å². The first-order valence-electron chi connectivity index (χ1n) is 12.7. The summed E-state index contributed by atoms with van der Waals surface area (Å²) in [5.74, 6) is -1.37. The van der Waals surface area contributed by atoms with Crippen LogP contribution in [0.3, 0.4) is 0 Å². The lowest BCUT2D eigenvalue weighted by Gasteiger charge is -2.33. The van der Waals surface area contributed by atoms with Gasteiger partial charge in [-0.3, -0.25) is 14.4 Å². The Bertz CT molecular complexity index is 1280. The number of hydrogen-bond acceptors (Lipinski definition) is 6. The molecule has 38 heavy (non-hydrogen) atoms. The van der Waals surface area contributed by atoms with Crippen LogP contribution in [0.4, 0.5) is 5.69 Å². The van der Waals surface area contributed by atoms with Crippen LogP contribution < -0.4 is 32.7 Å². The van der Waals surface area contributed by atoms with E-state index in [0.717, 1.165) is 22.4 Å². The molecule has 1 fully saturated rings. The largest absolute Gasteiger partial charge is 0.368 e. The highest BCUT2D eigenvalue weighted by atomic mass is 16.2. The van der Waals surface area contributed by atoms with Gasteiger partial charge in [-0.05, 0) is 22.8 Å². The van der Waals surface area contributed by atoms with Gasteiger partial charge in [0.1, 0.15) is 18.1 Å². The van der Waals surface area contributed by atoms with E-state index < -0.39 is 47.6 Å². The minimum Gasteiger partial charge on any atom is -0.368 e. The molecule has 0 aromatic heterocycles. The van der Waals surface area contributed by atoms with Crippen molar-refractivity contribution in [2.24, 2.45) is 11.5 Å². The molecule has 2 heterocycles. The third-order valence-electron chi connectivity index (χ3n) is 7.30. The molecule has 1 saturated heterocycles. The quantitative estimate of drug-likeness (QED) is 0.289. The molecule has 0 bridgehead atoms. The van der Waals surface area contributed by atoms with E-state index in [1.165, 1.54) is 0 Å². The summed E-state index contributed by atoms with van der Waals surface area (Å²) in [6.45, 7) is 0. The Morgan fingerprint density at radius 2 is 1.05 bits per heavy atom. The van der Waals surface area contributed by atoms with Crippen LogP contribution in [0.15, 0.2) is 84.9 Å². The third-order valence-corrected chi connectivity index (χ3v) is 7.30. The summed E-state index contributed by atoms with van der Waals surface area (Å²) in [5, 5.41) is 11.8. The van der Waals surface area contributed by atoms with Crippen molar-refractivity contribution in [3.63, 3.8) is 0 Å². The zero-order valence-corrected chi connectivity index (χ0v) is 20.9. The van der Waals surface area contributed by atoms with E-state index in [2.05, 4.69) is 21.3 Å². The monoisotopic (exact) mass is 512 g/mol. The Hall–Kier alpha value is -4.21. The molecule has 0 saturated carbocycles. The molecule has 5 atom stereocenters. The molecule has 196 valence electrons. The Balaban J connectivity index is 1.46. The van der Waals surface area contributed by atoms with Gasteiger partial charge in [-0.15, -0.1) is 0 Å². The molecule has 5 rings (SSSR count). The molecule has 8 N–H and O–H groups in total. The van der Waals surface area contributed by atoms with Gasteiger partial charge in [0.15, 0.2) is 0 Å². The standard InChI is InChI=1S/C29H32N6O3/c30-28-29(31,20-13-7-8-14-21(20)35-28)17-24-27(38)33-22(15-18-9-3-1-4-10-18)25(36)32-23(26(37)34-24)16-19-11-5-2-6-12-19/h1-14,22-24,28,35H,15-17,30-31H2,(H,32,36)(H,33,38)(H,34,37)/t22-,23+,24?,28+,29-/m1/s1. The number of nitrogens with one attached hydrogen (secondary N) is 4. The number of carbonyl (C=O) groups excluding carboxylic acids is 3. The minimum atomic E-state index is -1.12. The molecule has 2 aliphatic rings. The molecule has 1 unspecified atom stereocenters. The summed E-state index contributed by atoms with van der Waals surface area (Å²) in [5.41, 5.74) is 15.4. The van der Waals surface area contributed by atoms with Crippen molar-refractivity contribution in [1.29, 1.82) is 0 Å². The fourth-order valence-electron chi connectivity index (χ4n) is 5.20. The zero-order chi connectivity index (χ0) is 26.7. The highest BCUT2D eigenvalue weighted by molar-refractivity contribution is 5.97. The van der Waals surface area contributed by atoms with E-state index >= 15 is 0 Å². The number of benzene rings is 3. The number of hydrogen-bond donors (Lipinski definition) is 6. The van der Waals surface area contributed by atoms with Crippen LogP contribution in [0.5, 0.6) is 0 Å². The number of nitrogens with two attached hydrogens (primary N) is 2. The number of anilines is 1. The molecule has 2 aliphatic heterocycles. The first-order valence-corrected chi connectivity index (χ1v) is 12.7. The van der Waals surface area contributed by atoms with Crippen LogP contribution in [0.1, 0.15) is 23.1 Å². The highest BCUT2D eigenvalue weighted by Gasteiger charge is 2.46. The van der Waals surface area contributed by atoms with Crippen LogP contribution in [0, 0.1) is 0 Å². The van der Waals surface area contributed by atoms with Gasteiger partial charge < -0.3 is 32.7 Å². The smallest absolute Gasteiger partial charge is 0.243 e. The summed E-state index contributed by atoms with van der Waals surface area (Å²) in [7, 11) is 0. The average Bonchev–Trinajstić information content (AvgIpc) is 3.18. The van der Waals surface area contributed by atoms with E-state index in [0.29, 0.717) is 0 Å². The van der Waals surface area contributed by atoms with E-state index in [1.807, 2.05) is 84.9 Å². The van der Waals surface area contributed by atoms with Gasteiger partial charge in [-0.1, -0.05) is 78.9 Å². The van der Waals surface area contributed by atoms with Gasteiger partial charge in [0.25, 0.3) is 0 Å². The fraction of sp³-hybridized carbons (Fsp3) is 0.276. The maximum atomic E-state index is 13.6. The maximum absolute atomic E-state index is 13.6. The first kappa shape index (κ1) is 25.4. The number of rotatable bonds is 6. The van der Waals surface area contributed by atoms with Crippen molar-refractivity contribution >= 4 is 23.4 Å². The number of amides is 3. The van der Waals surface area contributed by atoms with Gasteiger partial charge in [-0.2, -0.15) is 0 Å². The van der Waals surface area contributed by atoms with Crippen molar-refractivity contribution in [2.75, 3.05) is 5.32 Å². The summed E-state index contributed by atoms with van der Waals surface area (Å²) in [6, 6.07) is 23.5. The second kappa shape index (κ2) is 10.6. The summed E-state index contributed by atoms with van der Waals surface area (Å²) in [4.78, 5) is 40.5. The Labute approximate surface area is 221 Å². The Kier molecular flexibility index (Phi) is 7.13. The second-order valence-electron chi connectivity index (χ2n) is 9.98. The maximum Gasteiger partial charge on any atom is 0.243 e. The third kappa shape index (κ3) is 5.25. The predicted molar refractivity (Wildman–Crippen MR) is 145 cm³/mol. The first-order chi connectivity index (χ1) is 18.3. The number of carbonyl (C=O) groups is 3. The summed E-state index contributed by atoms with van der Waals surface area (Å²) < 4.78 is 0. The molecule has 0 spiro atoms. The van der Waals surface area contributed by atoms with Gasteiger partial charge in [0, 0.05) is 24.9 Å². The second-order valence-corrected chi connectivity index (χ2v) is 9.98. The van der Waals surface area contributed by atoms with Crippen molar-refractivity contribution < 1.29 is 14.4 Å². The van der Waals surface area contributed by atoms with Gasteiger partial charge in [0.05, 0.1) is 11.7 Å². The van der Waals surface area contributed by atoms with Gasteiger partial charge >= 0.3 is 0 Å². The Morgan fingerprint density at radius 3 is 1.61 bits per heavy atom. The van der Waals surface area contributed by atoms with Crippen molar-refractivity contribution in [2.45, 2.75) is 49.1 Å². The normalized spacial score (nSPS) is 27.1. The number of para-hydroxylation sites is 1. The van der Waals surface area contributed by atoms with Gasteiger partial charge in [-0.25, -0.2) is 0 Å². The highest BCUT2D eigenvalue weighted by Crippen LogP contribution is 2.38. The van der Waals surface area contributed by atoms with Crippen LogP contribution >= 0.6 is 0 Å². The molecule has 9 heteroatoms. The van der Waals surface area contributed by atoms with Crippen molar-refractivity contribution in [1.82, 2.24) is 16.0 Å². The lowest BCUT2D eigenvalue weighted by molar-refractivity contribution is -0.130. The van der Waals surface area contributed by atoms with Crippen molar-refractivity contribution in [3.8, 4) is 0 Å². The lowest BCUT2D eigenvalue weighted by atomic mass is 9.84. The van der Waals surface area contributed by atoms with E-state index in [-0.39, 0.29) is 19.3 Å². The predicted octanol–water partition coefficient (Wildman–Crippen LogP) is 0.894. The minimum absolute atomic E-state index is 0.0417. The fourth-order valence-corrected chi connectivity index (χ4v) is 5.20. The molecule has 3 aromatic carbocycles. The van der Waals surface area contributed by atoms with Crippen LogP contribution in [-0.2, 0) is 32.8 Å². The van der Waals surface area contributed by atoms with E-state index in [1.54, 1.807) is 0 Å². The molecule has 9 nitrogen and oxygen atoms in total. The molecular formula is C29H32N6O3. The summed E-state index contributed by atoms with van der Waals surface area (Å²) >= 11 is 0. The topological polar surface area (TPSA) is 151 Å². The summed E-state index contributed by atoms with van der Waals surface area (Å²) in [6.07, 6.45) is -0.0818. The molecular weight excluding hydrogens is 480 g/mol.